The molecule has 0 aliphatic carbocycles. The highest BCUT2D eigenvalue weighted by Gasteiger charge is 2.45. The van der Waals surface area contributed by atoms with Crippen molar-refractivity contribution in [1.29, 1.82) is 0 Å². The molecule has 1 aromatic heterocycles. The Balaban J connectivity index is 1.72. The third kappa shape index (κ3) is 5.47. The number of amides is 1. The van der Waals surface area contributed by atoms with Gasteiger partial charge >= 0.3 is 0 Å². The van der Waals surface area contributed by atoms with E-state index in [1.165, 1.54) is 0 Å². The van der Waals surface area contributed by atoms with Gasteiger partial charge in [-0.3, -0.25) is 14.6 Å². The molecule has 0 saturated carbocycles. The molecule has 1 aliphatic rings. The second kappa shape index (κ2) is 11.6. The number of Topliss-reactive ketones (excluding diaryl/α,β-unsaturated/α-hetero) is 1. The molecule has 1 amide bonds. The van der Waals surface area contributed by atoms with Crippen LogP contribution >= 0.6 is 0 Å². The molecular formula is C29H31N3O4. The van der Waals surface area contributed by atoms with Crippen LogP contribution < -0.4 is 4.74 Å². The van der Waals surface area contributed by atoms with Crippen LogP contribution in [0.5, 0.6) is 11.5 Å². The number of nitrogens with zero attached hydrogens (tertiary/aromatic N) is 3. The van der Waals surface area contributed by atoms with Crippen LogP contribution in [0.1, 0.15) is 37.4 Å². The topological polar surface area (TPSA) is 83.0 Å². The summed E-state index contributed by atoms with van der Waals surface area (Å²) < 4.78 is 6.01. The molecule has 1 saturated heterocycles. The molecule has 2 heterocycles. The summed E-state index contributed by atoms with van der Waals surface area (Å²) in [4.78, 5) is 34.3. The zero-order chi connectivity index (χ0) is 25.5. The molecular weight excluding hydrogens is 454 g/mol. The van der Waals surface area contributed by atoms with Gasteiger partial charge in [0.1, 0.15) is 17.3 Å². The van der Waals surface area contributed by atoms with Gasteiger partial charge in [0.15, 0.2) is 0 Å². The Kier molecular flexibility index (Phi) is 8.13. The Morgan fingerprint density at radius 1 is 0.972 bits per heavy atom. The van der Waals surface area contributed by atoms with Gasteiger partial charge in [-0.2, -0.15) is 0 Å². The van der Waals surface area contributed by atoms with Gasteiger partial charge in [0.2, 0.25) is 0 Å². The van der Waals surface area contributed by atoms with E-state index in [9.17, 15) is 14.7 Å². The highest BCUT2D eigenvalue weighted by atomic mass is 16.5. The zero-order valence-electron chi connectivity index (χ0n) is 20.6. The first-order chi connectivity index (χ1) is 17.5. The van der Waals surface area contributed by atoms with E-state index in [0.717, 1.165) is 19.6 Å². The molecule has 0 radical (unpaired) electrons. The van der Waals surface area contributed by atoms with Crippen LogP contribution in [-0.2, 0) is 9.59 Å². The molecule has 4 rings (SSSR count). The van der Waals surface area contributed by atoms with Crippen molar-refractivity contribution < 1.29 is 19.4 Å². The van der Waals surface area contributed by atoms with Gasteiger partial charge in [-0.05, 0) is 68.0 Å². The van der Waals surface area contributed by atoms with Gasteiger partial charge in [0.05, 0.1) is 11.6 Å². The lowest BCUT2D eigenvalue weighted by Gasteiger charge is -2.27. The maximum atomic E-state index is 13.2. The van der Waals surface area contributed by atoms with Crippen LogP contribution in [0.3, 0.4) is 0 Å². The number of aliphatic hydroxyl groups is 1. The van der Waals surface area contributed by atoms with Crippen molar-refractivity contribution in [3.05, 3.63) is 95.8 Å². The van der Waals surface area contributed by atoms with E-state index in [1.54, 1.807) is 29.4 Å². The summed E-state index contributed by atoms with van der Waals surface area (Å²) in [5.74, 6) is -0.242. The van der Waals surface area contributed by atoms with Crippen molar-refractivity contribution in [2.45, 2.75) is 26.3 Å². The molecule has 1 fully saturated rings. The second-order valence-corrected chi connectivity index (χ2v) is 8.60. The Hall–Kier alpha value is -3.97. The minimum absolute atomic E-state index is 0.0749. The summed E-state index contributed by atoms with van der Waals surface area (Å²) in [5.41, 5.74) is 1.21. The SMILES string of the molecule is CCN(CC)CCCN1C(=O)C(=O)/C(=C(/O)c2ccncc2)C1c1cccc(Oc2ccccc2)c1. The average Bonchev–Trinajstić information content (AvgIpc) is 3.17. The fraction of sp³-hybridized carbons (Fsp3) is 0.276. The molecule has 1 aliphatic heterocycles. The van der Waals surface area contributed by atoms with E-state index in [1.807, 2.05) is 54.6 Å². The summed E-state index contributed by atoms with van der Waals surface area (Å²) >= 11 is 0. The van der Waals surface area contributed by atoms with Crippen molar-refractivity contribution in [1.82, 2.24) is 14.8 Å². The monoisotopic (exact) mass is 485 g/mol. The number of hydrogen-bond acceptors (Lipinski definition) is 6. The Morgan fingerprint density at radius 3 is 2.36 bits per heavy atom. The number of rotatable bonds is 10. The first-order valence-corrected chi connectivity index (χ1v) is 12.3. The standard InChI is InChI=1S/C29H31N3O4/c1-3-31(4-2)18-9-19-32-26(22-10-8-13-24(20-22)36-23-11-6-5-7-12-23)25(28(34)29(32)35)27(33)21-14-16-30-17-15-21/h5-8,10-17,20,26,33H,3-4,9,18-19H2,1-2H3/b27-25+. The lowest BCUT2D eigenvalue weighted by atomic mass is 9.95. The Labute approximate surface area is 211 Å². The molecule has 0 spiro atoms. The third-order valence-corrected chi connectivity index (χ3v) is 6.41. The summed E-state index contributed by atoms with van der Waals surface area (Å²) in [6.07, 6.45) is 3.79. The highest BCUT2D eigenvalue weighted by Crippen LogP contribution is 2.40. The van der Waals surface area contributed by atoms with Crippen LogP contribution in [0.15, 0.2) is 84.7 Å². The van der Waals surface area contributed by atoms with Gasteiger partial charge in [-0.15, -0.1) is 0 Å². The number of hydrogen-bond donors (Lipinski definition) is 1. The smallest absolute Gasteiger partial charge is 0.295 e. The number of aromatic nitrogens is 1. The number of likely N-dealkylation sites (tertiary alicyclic amines) is 1. The lowest BCUT2D eigenvalue weighted by Crippen LogP contribution is -2.33. The van der Waals surface area contributed by atoms with E-state index in [0.29, 0.717) is 35.6 Å². The van der Waals surface area contributed by atoms with Gasteiger partial charge in [0.25, 0.3) is 11.7 Å². The van der Waals surface area contributed by atoms with Crippen molar-refractivity contribution in [2.75, 3.05) is 26.2 Å². The average molecular weight is 486 g/mol. The predicted octanol–water partition coefficient (Wildman–Crippen LogP) is 5.03. The molecule has 1 unspecified atom stereocenters. The van der Waals surface area contributed by atoms with Crippen LogP contribution in [0.2, 0.25) is 0 Å². The first-order valence-electron chi connectivity index (χ1n) is 12.3. The number of ether oxygens (including phenoxy) is 1. The maximum Gasteiger partial charge on any atom is 0.295 e. The van der Waals surface area contributed by atoms with Crippen molar-refractivity contribution in [2.24, 2.45) is 0 Å². The zero-order valence-corrected chi connectivity index (χ0v) is 20.6. The van der Waals surface area contributed by atoms with Crippen LogP contribution in [0.25, 0.3) is 5.76 Å². The number of aliphatic hydroxyl groups excluding tert-OH is 1. The fourth-order valence-electron chi connectivity index (χ4n) is 4.50. The van der Waals surface area contributed by atoms with E-state index in [-0.39, 0.29) is 11.3 Å². The van der Waals surface area contributed by atoms with Crippen molar-refractivity contribution in [3.63, 3.8) is 0 Å². The first kappa shape index (κ1) is 25.1. The predicted molar refractivity (Wildman–Crippen MR) is 139 cm³/mol. The summed E-state index contributed by atoms with van der Waals surface area (Å²) in [5, 5.41) is 11.2. The number of ketones is 1. The van der Waals surface area contributed by atoms with Crippen molar-refractivity contribution >= 4 is 17.4 Å². The molecule has 36 heavy (non-hydrogen) atoms. The number of benzene rings is 2. The summed E-state index contributed by atoms with van der Waals surface area (Å²) in [6.45, 7) is 7.23. The van der Waals surface area contributed by atoms with Crippen molar-refractivity contribution in [3.8, 4) is 11.5 Å². The molecule has 186 valence electrons. The van der Waals surface area contributed by atoms with E-state index < -0.39 is 17.7 Å². The highest BCUT2D eigenvalue weighted by molar-refractivity contribution is 6.46. The number of para-hydroxylation sites is 1. The Morgan fingerprint density at radius 2 is 1.67 bits per heavy atom. The van der Waals surface area contributed by atoms with E-state index in [2.05, 4.69) is 23.7 Å². The molecule has 0 bridgehead atoms. The third-order valence-electron chi connectivity index (χ3n) is 6.41. The normalized spacial score (nSPS) is 17.1. The van der Waals surface area contributed by atoms with Gasteiger partial charge in [0, 0.05) is 24.5 Å². The van der Waals surface area contributed by atoms with E-state index in [4.69, 9.17) is 4.74 Å². The minimum atomic E-state index is -0.728. The molecule has 1 N–H and O–H groups in total. The quantitative estimate of drug-likeness (QED) is 0.246. The Bertz CT molecular complexity index is 1220. The van der Waals surface area contributed by atoms with E-state index >= 15 is 0 Å². The fourth-order valence-corrected chi connectivity index (χ4v) is 4.50. The second-order valence-electron chi connectivity index (χ2n) is 8.60. The van der Waals surface area contributed by atoms with Gasteiger partial charge < -0.3 is 19.6 Å². The summed E-state index contributed by atoms with van der Waals surface area (Å²) in [6, 6.07) is 19.2. The van der Waals surface area contributed by atoms with Crippen LogP contribution in [0, 0.1) is 0 Å². The number of pyridine rings is 1. The number of carbonyl (C=O) groups excluding carboxylic acids is 2. The maximum absolute atomic E-state index is 13.2. The molecule has 3 aromatic rings. The van der Waals surface area contributed by atoms with Crippen LogP contribution in [0.4, 0.5) is 0 Å². The van der Waals surface area contributed by atoms with Gasteiger partial charge in [-0.25, -0.2) is 0 Å². The molecule has 1 atom stereocenters. The molecule has 7 heteroatoms. The minimum Gasteiger partial charge on any atom is -0.507 e. The number of carbonyl (C=O) groups is 2. The van der Waals surface area contributed by atoms with Crippen LogP contribution in [-0.4, -0.2) is 57.8 Å². The van der Waals surface area contributed by atoms with Gasteiger partial charge in [-0.1, -0.05) is 44.2 Å². The summed E-state index contributed by atoms with van der Waals surface area (Å²) in [7, 11) is 0. The molecule has 7 nitrogen and oxygen atoms in total. The lowest BCUT2D eigenvalue weighted by molar-refractivity contribution is -0.140. The largest absolute Gasteiger partial charge is 0.507 e. The molecule has 2 aromatic carbocycles.